The van der Waals surface area contributed by atoms with E-state index in [9.17, 15) is 14.7 Å². The molecule has 4 aromatic rings. The number of carboxylic acids is 1. The molecule has 0 radical (unpaired) electrons. The third kappa shape index (κ3) is 3.49. The molecule has 0 bridgehead atoms. The lowest BCUT2D eigenvalue weighted by Gasteiger charge is -2.04. The van der Waals surface area contributed by atoms with E-state index in [4.69, 9.17) is 0 Å². The molecule has 0 spiro atoms. The minimum absolute atomic E-state index is 0.0666. The predicted octanol–water partition coefficient (Wildman–Crippen LogP) is 3.62. The highest BCUT2D eigenvalue weighted by atomic mass is 32.1. The van der Waals surface area contributed by atoms with Gasteiger partial charge in [0.2, 0.25) is 0 Å². The molecule has 0 unspecified atom stereocenters. The van der Waals surface area contributed by atoms with E-state index >= 15 is 0 Å². The van der Waals surface area contributed by atoms with Crippen LogP contribution in [0.25, 0.3) is 21.7 Å². The molecule has 7 nitrogen and oxygen atoms in total. The molecule has 8 heteroatoms. The summed E-state index contributed by atoms with van der Waals surface area (Å²) in [5.41, 5.74) is 3.50. The number of carbonyl (C=O) groups excluding carboxylic acids is 1. The number of carboxylic acid groups (broad SMARTS) is 1. The van der Waals surface area contributed by atoms with E-state index < -0.39 is 5.97 Å². The van der Waals surface area contributed by atoms with Gasteiger partial charge in [0.05, 0.1) is 21.6 Å². The van der Waals surface area contributed by atoms with Crippen molar-refractivity contribution in [3.8, 4) is 10.6 Å². The van der Waals surface area contributed by atoms with Crippen molar-refractivity contribution >= 4 is 34.4 Å². The predicted molar refractivity (Wildman–Crippen MR) is 107 cm³/mol. The Bertz CT molecular complexity index is 1180. The van der Waals surface area contributed by atoms with E-state index in [0.717, 1.165) is 10.4 Å². The van der Waals surface area contributed by atoms with Crippen LogP contribution in [0.4, 0.5) is 0 Å². The van der Waals surface area contributed by atoms with Gasteiger partial charge in [-0.3, -0.25) is 4.79 Å². The summed E-state index contributed by atoms with van der Waals surface area (Å²) in [4.78, 5) is 36.4. The zero-order valence-electron chi connectivity index (χ0n) is 14.9. The van der Waals surface area contributed by atoms with Gasteiger partial charge in [-0.15, -0.1) is 11.3 Å². The zero-order chi connectivity index (χ0) is 19.7. The first-order valence-electron chi connectivity index (χ1n) is 8.52. The lowest BCUT2D eigenvalue weighted by atomic mass is 10.1. The van der Waals surface area contributed by atoms with Crippen LogP contribution in [0.3, 0.4) is 0 Å². The Kier molecular flexibility index (Phi) is 4.62. The molecule has 3 N–H and O–H groups in total. The van der Waals surface area contributed by atoms with Gasteiger partial charge < -0.3 is 15.4 Å². The number of carbonyl (C=O) groups is 2. The number of aryl methyl sites for hydroxylation is 1. The van der Waals surface area contributed by atoms with Crippen molar-refractivity contribution in [3.63, 3.8) is 0 Å². The molecule has 4 rings (SSSR count). The highest BCUT2D eigenvalue weighted by Crippen LogP contribution is 2.28. The largest absolute Gasteiger partial charge is 0.478 e. The zero-order valence-corrected chi connectivity index (χ0v) is 15.7. The smallest absolute Gasteiger partial charge is 0.339 e. The molecule has 3 heterocycles. The number of nitrogens with one attached hydrogen (secondary N) is 2. The van der Waals surface area contributed by atoms with Crippen molar-refractivity contribution in [2.45, 2.75) is 13.5 Å². The van der Waals surface area contributed by atoms with Crippen LogP contribution in [0.1, 0.15) is 31.2 Å². The van der Waals surface area contributed by atoms with E-state index in [-0.39, 0.29) is 11.5 Å². The van der Waals surface area contributed by atoms with Crippen LogP contribution < -0.4 is 5.32 Å². The highest BCUT2D eigenvalue weighted by Gasteiger charge is 2.16. The molecule has 0 fully saturated rings. The van der Waals surface area contributed by atoms with Crippen LogP contribution in [0.15, 0.2) is 48.8 Å². The molecule has 0 aliphatic heterocycles. The molecule has 1 aromatic carbocycles. The number of hydrogen-bond donors (Lipinski definition) is 3. The number of hydrogen-bond acceptors (Lipinski definition) is 5. The average Bonchev–Trinajstić information content (AvgIpc) is 3.34. The minimum Gasteiger partial charge on any atom is -0.478 e. The fourth-order valence-electron chi connectivity index (χ4n) is 2.75. The third-order valence-corrected chi connectivity index (χ3v) is 5.37. The van der Waals surface area contributed by atoms with Crippen LogP contribution in [0.5, 0.6) is 0 Å². The summed E-state index contributed by atoms with van der Waals surface area (Å²) in [7, 11) is 0. The van der Waals surface area contributed by atoms with Gasteiger partial charge in [0.25, 0.3) is 5.91 Å². The maximum Gasteiger partial charge on any atom is 0.339 e. The first-order chi connectivity index (χ1) is 13.5. The topological polar surface area (TPSA) is 108 Å². The molecular formula is C20H16N4O3S. The molecule has 0 atom stereocenters. The number of amides is 1. The van der Waals surface area contributed by atoms with Crippen molar-refractivity contribution in [2.75, 3.05) is 0 Å². The summed E-state index contributed by atoms with van der Waals surface area (Å²) in [6.45, 7) is 2.46. The van der Waals surface area contributed by atoms with Crippen molar-refractivity contribution in [3.05, 3.63) is 70.4 Å². The first kappa shape index (κ1) is 17.9. The number of thiophene rings is 1. The molecule has 1 amide bonds. The van der Waals surface area contributed by atoms with Crippen molar-refractivity contribution < 1.29 is 14.7 Å². The van der Waals surface area contributed by atoms with E-state index in [0.29, 0.717) is 28.3 Å². The number of benzene rings is 1. The monoisotopic (exact) mass is 392 g/mol. The molecule has 0 saturated heterocycles. The maximum absolute atomic E-state index is 12.4. The van der Waals surface area contributed by atoms with Gasteiger partial charge in [-0.1, -0.05) is 29.8 Å². The summed E-state index contributed by atoms with van der Waals surface area (Å²) >= 11 is 1.28. The number of aromatic carboxylic acids is 1. The molecular weight excluding hydrogens is 376 g/mol. The number of H-pyrrole nitrogens is 1. The van der Waals surface area contributed by atoms with Crippen LogP contribution in [-0.2, 0) is 6.54 Å². The summed E-state index contributed by atoms with van der Waals surface area (Å²) in [6.07, 6.45) is 2.93. The Morgan fingerprint density at radius 1 is 1.18 bits per heavy atom. The van der Waals surface area contributed by atoms with E-state index in [1.54, 1.807) is 18.3 Å². The van der Waals surface area contributed by atoms with Gasteiger partial charge >= 0.3 is 5.97 Å². The summed E-state index contributed by atoms with van der Waals surface area (Å²) in [5, 5.41) is 12.1. The standard InChI is InChI=1S/C20H16N4O3S/c1-11-2-4-12(5-3-11)8-23-19(25)16-7-6-15(28-16)14-10-22-18-17(24-14)13(9-21-18)20(26)27/h2-7,9-10H,8H2,1H3,(H,21,22)(H,23,25)(H,26,27). The van der Waals surface area contributed by atoms with Crippen molar-refractivity contribution in [2.24, 2.45) is 0 Å². The van der Waals surface area contributed by atoms with E-state index in [2.05, 4.69) is 20.3 Å². The van der Waals surface area contributed by atoms with Gasteiger partial charge in [-0.2, -0.15) is 0 Å². The second-order valence-electron chi connectivity index (χ2n) is 6.29. The first-order valence-corrected chi connectivity index (χ1v) is 9.34. The van der Waals surface area contributed by atoms with Crippen molar-refractivity contribution in [1.82, 2.24) is 20.3 Å². The number of aromatic amines is 1. The lowest BCUT2D eigenvalue weighted by molar-refractivity contribution is 0.0698. The summed E-state index contributed by atoms with van der Waals surface area (Å²) in [6, 6.07) is 11.5. The minimum atomic E-state index is -1.07. The molecule has 0 saturated carbocycles. The van der Waals surface area contributed by atoms with Crippen LogP contribution in [0, 0.1) is 6.92 Å². The Morgan fingerprint density at radius 3 is 2.71 bits per heavy atom. The molecule has 28 heavy (non-hydrogen) atoms. The van der Waals surface area contributed by atoms with Crippen molar-refractivity contribution in [1.29, 1.82) is 0 Å². The number of nitrogens with zero attached hydrogens (tertiary/aromatic N) is 2. The van der Waals surface area contributed by atoms with Crippen LogP contribution in [0.2, 0.25) is 0 Å². The molecule has 140 valence electrons. The maximum atomic E-state index is 12.4. The quantitative estimate of drug-likeness (QED) is 0.481. The summed E-state index contributed by atoms with van der Waals surface area (Å²) < 4.78 is 0. The normalized spacial score (nSPS) is 10.9. The Labute approximate surface area is 164 Å². The number of fused-ring (bicyclic) bond motifs is 1. The molecule has 3 aromatic heterocycles. The van der Waals surface area contributed by atoms with E-state index in [1.807, 2.05) is 31.2 Å². The second kappa shape index (κ2) is 7.24. The average molecular weight is 392 g/mol. The number of rotatable bonds is 5. The molecule has 0 aliphatic carbocycles. The van der Waals surface area contributed by atoms with Gasteiger partial charge in [0.15, 0.2) is 5.65 Å². The van der Waals surface area contributed by atoms with Gasteiger partial charge in [0.1, 0.15) is 11.1 Å². The Balaban J connectivity index is 1.52. The highest BCUT2D eigenvalue weighted by molar-refractivity contribution is 7.17. The fourth-order valence-corrected chi connectivity index (χ4v) is 3.62. The van der Waals surface area contributed by atoms with Gasteiger partial charge in [-0.05, 0) is 24.6 Å². The third-order valence-electron chi connectivity index (χ3n) is 4.27. The SMILES string of the molecule is Cc1ccc(CNC(=O)c2ccc(-c3cnc4[nH]cc(C(=O)O)c4n3)s2)cc1. The van der Waals surface area contributed by atoms with Crippen LogP contribution >= 0.6 is 11.3 Å². The van der Waals surface area contributed by atoms with Gasteiger partial charge in [-0.25, -0.2) is 14.8 Å². The van der Waals surface area contributed by atoms with Gasteiger partial charge in [0, 0.05) is 12.7 Å². The Morgan fingerprint density at radius 2 is 1.96 bits per heavy atom. The summed E-state index contributed by atoms with van der Waals surface area (Å²) in [5.74, 6) is -1.24. The fraction of sp³-hybridized carbons (Fsp3) is 0.100. The number of aromatic nitrogens is 3. The van der Waals surface area contributed by atoms with Crippen LogP contribution in [-0.4, -0.2) is 31.9 Å². The second-order valence-corrected chi connectivity index (χ2v) is 7.38. The van der Waals surface area contributed by atoms with E-state index in [1.165, 1.54) is 23.1 Å². The molecule has 0 aliphatic rings. The lowest BCUT2D eigenvalue weighted by Crippen LogP contribution is -2.21. The Hall–Kier alpha value is -3.52.